The summed E-state index contributed by atoms with van der Waals surface area (Å²) in [6.07, 6.45) is 6.62. The van der Waals surface area contributed by atoms with Gasteiger partial charge in [-0.1, -0.05) is 12.1 Å². The molecule has 0 aliphatic carbocycles. The molecule has 0 N–H and O–H groups in total. The zero-order valence-corrected chi connectivity index (χ0v) is 14.3. The third-order valence-electron chi connectivity index (χ3n) is 4.65. The van der Waals surface area contributed by atoms with Crippen LogP contribution in [0.15, 0.2) is 47.6 Å². The number of thioether (sulfide) groups is 1. The van der Waals surface area contributed by atoms with Gasteiger partial charge in [0.25, 0.3) is 5.91 Å². The monoisotopic (exact) mass is 343 g/mol. The molecule has 0 unspecified atom stereocenters. The maximum absolute atomic E-state index is 13.1. The minimum absolute atomic E-state index is 0.119. The molecule has 24 heavy (non-hydrogen) atoms. The van der Waals surface area contributed by atoms with Crippen molar-refractivity contribution in [2.45, 2.75) is 42.8 Å². The van der Waals surface area contributed by atoms with E-state index in [2.05, 4.69) is 5.10 Å². The molecule has 0 bridgehead atoms. The Morgan fingerprint density at radius 1 is 1.29 bits per heavy atom. The molecule has 126 valence electrons. The largest absolute Gasteiger partial charge is 0.479 e. The van der Waals surface area contributed by atoms with Crippen LogP contribution < -0.4 is 4.74 Å². The van der Waals surface area contributed by atoms with Gasteiger partial charge in [-0.3, -0.25) is 9.48 Å². The Bertz CT molecular complexity index is 704. The summed E-state index contributed by atoms with van der Waals surface area (Å²) in [5.41, 5.74) is 0. The van der Waals surface area contributed by atoms with Crippen molar-refractivity contribution in [2.75, 3.05) is 12.3 Å². The molecule has 1 amide bonds. The van der Waals surface area contributed by atoms with E-state index in [0.717, 1.165) is 36.6 Å². The van der Waals surface area contributed by atoms with E-state index in [0.29, 0.717) is 5.75 Å². The fourth-order valence-corrected chi connectivity index (χ4v) is 4.41. The second kappa shape index (κ2) is 6.89. The molecule has 0 saturated carbocycles. The number of piperidine rings is 1. The van der Waals surface area contributed by atoms with E-state index in [9.17, 15) is 4.79 Å². The van der Waals surface area contributed by atoms with Crippen molar-refractivity contribution in [1.82, 2.24) is 14.7 Å². The Morgan fingerprint density at radius 3 is 3.08 bits per heavy atom. The number of rotatable bonds is 3. The molecule has 2 aliphatic heterocycles. The van der Waals surface area contributed by atoms with Crippen LogP contribution in [0, 0.1) is 0 Å². The van der Waals surface area contributed by atoms with Crippen LogP contribution in [-0.4, -0.2) is 45.0 Å². The number of ether oxygens (including phenoxy) is 1. The van der Waals surface area contributed by atoms with E-state index in [4.69, 9.17) is 4.74 Å². The minimum Gasteiger partial charge on any atom is -0.479 e. The number of nitrogens with zero attached hydrogens (tertiary/aromatic N) is 3. The summed E-state index contributed by atoms with van der Waals surface area (Å²) < 4.78 is 7.91. The number of aromatic nitrogens is 2. The number of amides is 1. The highest BCUT2D eigenvalue weighted by molar-refractivity contribution is 7.99. The predicted molar refractivity (Wildman–Crippen MR) is 93.2 cm³/mol. The van der Waals surface area contributed by atoms with Crippen molar-refractivity contribution in [3.63, 3.8) is 0 Å². The summed E-state index contributed by atoms with van der Waals surface area (Å²) in [7, 11) is 0. The van der Waals surface area contributed by atoms with E-state index in [1.807, 2.05) is 46.1 Å². The normalized spacial score (nSPS) is 23.4. The fraction of sp³-hybridized carbons (Fsp3) is 0.444. The Hall–Kier alpha value is -1.95. The van der Waals surface area contributed by atoms with Crippen LogP contribution in [0.5, 0.6) is 5.75 Å². The van der Waals surface area contributed by atoms with E-state index in [1.54, 1.807) is 18.0 Å². The molecule has 5 nitrogen and oxygen atoms in total. The summed E-state index contributed by atoms with van der Waals surface area (Å²) in [6.45, 7) is 1.58. The van der Waals surface area contributed by atoms with Gasteiger partial charge in [0.15, 0.2) is 6.10 Å². The molecule has 6 heteroatoms. The van der Waals surface area contributed by atoms with Crippen LogP contribution in [0.2, 0.25) is 0 Å². The number of para-hydroxylation sites is 1. The van der Waals surface area contributed by atoms with Crippen molar-refractivity contribution in [3.05, 3.63) is 42.7 Å². The Kier molecular flexibility index (Phi) is 4.47. The second-order valence-corrected chi connectivity index (χ2v) is 7.34. The SMILES string of the molecule is O=C([C@@H]1CSc2ccccc2O1)N1CCCC[C@H]1Cn1cccn1. The van der Waals surface area contributed by atoms with E-state index >= 15 is 0 Å². The molecule has 1 saturated heterocycles. The number of hydrogen-bond acceptors (Lipinski definition) is 4. The van der Waals surface area contributed by atoms with E-state index in [-0.39, 0.29) is 18.1 Å². The number of benzene rings is 1. The van der Waals surface area contributed by atoms with Crippen LogP contribution in [0.4, 0.5) is 0 Å². The third kappa shape index (κ3) is 3.15. The first-order valence-corrected chi connectivity index (χ1v) is 9.46. The molecule has 0 spiro atoms. The number of carbonyl (C=O) groups excluding carboxylic acids is 1. The topological polar surface area (TPSA) is 47.4 Å². The van der Waals surface area contributed by atoms with E-state index in [1.165, 1.54) is 6.42 Å². The first kappa shape index (κ1) is 15.6. The van der Waals surface area contributed by atoms with Crippen LogP contribution >= 0.6 is 11.8 Å². The first-order chi connectivity index (χ1) is 11.8. The standard InChI is InChI=1S/C18H21N3O2S/c22-18(16-13-24-17-8-2-1-7-15(17)23-16)21-11-4-3-6-14(21)12-20-10-5-9-19-20/h1-2,5,7-10,14,16H,3-4,6,11-13H2/t14-,16-/m0/s1. The number of hydrogen-bond donors (Lipinski definition) is 0. The lowest BCUT2D eigenvalue weighted by Crippen LogP contribution is -2.52. The number of fused-ring (bicyclic) bond motifs is 1. The quantitative estimate of drug-likeness (QED) is 0.860. The average Bonchev–Trinajstić information content (AvgIpc) is 3.14. The van der Waals surface area contributed by atoms with Gasteiger partial charge in [0.05, 0.1) is 12.6 Å². The molecular weight excluding hydrogens is 322 g/mol. The van der Waals surface area contributed by atoms with Gasteiger partial charge in [-0.25, -0.2) is 0 Å². The van der Waals surface area contributed by atoms with Gasteiger partial charge in [0.2, 0.25) is 0 Å². The van der Waals surface area contributed by atoms with Crippen molar-refractivity contribution in [2.24, 2.45) is 0 Å². The maximum Gasteiger partial charge on any atom is 0.264 e. The molecule has 2 atom stereocenters. The lowest BCUT2D eigenvalue weighted by atomic mass is 10.0. The lowest BCUT2D eigenvalue weighted by Gasteiger charge is -2.38. The van der Waals surface area contributed by atoms with Gasteiger partial charge in [0, 0.05) is 29.6 Å². The molecule has 2 aromatic rings. The fourth-order valence-electron chi connectivity index (χ4n) is 3.43. The van der Waals surface area contributed by atoms with Gasteiger partial charge in [-0.05, 0) is 37.5 Å². The van der Waals surface area contributed by atoms with Crippen LogP contribution in [0.3, 0.4) is 0 Å². The van der Waals surface area contributed by atoms with Crippen LogP contribution in [-0.2, 0) is 11.3 Å². The first-order valence-electron chi connectivity index (χ1n) is 8.47. The molecule has 2 aliphatic rings. The molecule has 1 fully saturated rings. The molecule has 0 radical (unpaired) electrons. The summed E-state index contributed by atoms with van der Waals surface area (Å²) in [6, 6.07) is 10.1. The van der Waals surface area contributed by atoms with Gasteiger partial charge in [-0.2, -0.15) is 5.10 Å². The Balaban J connectivity index is 1.48. The highest BCUT2D eigenvalue weighted by atomic mass is 32.2. The van der Waals surface area contributed by atoms with Crippen molar-refractivity contribution < 1.29 is 9.53 Å². The molecule has 4 rings (SSSR count). The predicted octanol–water partition coefficient (Wildman–Crippen LogP) is 2.82. The summed E-state index contributed by atoms with van der Waals surface area (Å²) in [5.74, 6) is 1.63. The number of carbonyl (C=O) groups is 1. The van der Waals surface area contributed by atoms with Gasteiger partial charge in [-0.15, -0.1) is 11.8 Å². The lowest BCUT2D eigenvalue weighted by molar-refractivity contribution is -0.142. The summed E-state index contributed by atoms with van der Waals surface area (Å²) >= 11 is 1.71. The van der Waals surface area contributed by atoms with E-state index < -0.39 is 0 Å². The maximum atomic E-state index is 13.1. The molecule has 1 aromatic heterocycles. The van der Waals surface area contributed by atoms with Crippen molar-refractivity contribution in [1.29, 1.82) is 0 Å². The van der Waals surface area contributed by atoms with Crippen molar-refractivity contribution in [3.8, 4) is 5.75 Å². The Labute approximate surface area is 146 Å². The summed E-state index contributed by atoms with van der Waals surface area (Å²) in [5, 5.41) is 4.29. The zero-order chi connectivity index (χ0) is 16.4. The smallest absolute Gasteiger partial charge is 0.264 e. The highest BCUT2D eigenvalue weighted by Gasteiger charge is 2.35. The molecular formula is C18H21N3O2S. The molecule has 1 aromatic carbocycles. The van der Waals surface area contributed by atoms with Crippen LogP contribution in [0.25, 0.3) is 0 Å². The zero-order valence-electron chi connectivity index (χ0n) is 13.5. The highest BCUT2D eigenvalue weighted by Crippen LogP contribution is 2.35. The van der Waals surface area contributed by atoms with Gasteiger partial charge >= 0.3 is 0 Å². The third-order valence-corrected chi connectivity index (χ3v) is 5.77. The van der Waals surface area contributed by atoms with Gasteiger partial charge in [0.1, 0.15) is 5.75 Å². The minimum atomic E-state index is -0.386. The summed E-state index contributed by atoms with van der Waals surface area (Å²) in [4.78, 5) is 16.2. The van der Waals surface area contributed by atoms with Crippen molar-refractivity contribution >= 4 is 17.7 Å². The Morgan fingerprint density at radius 2 is 2.21 bits per heavy atom. The van der Waals surface area contributed by atoms with Gasteiger partial charge < -0.3 is 9.64 Å². The average molecular weight is 343 g/mol. The number of likely N-dealkylation sites (tertiary alicyclic amines) is 1. The van der Waals surface area contributed by atoms with Crippen LogP contribution in [0.1, 0.15) is 19.3 Å². The molecule has 3 heterocycles. The second-order valence-electron chi connectivity index (χ2n) is 6.27.